The highest BCUT2D eigenvalue weighted by molar-refractivity contribution is 9.10. The monoisotopic (exact) mass is 453 g/mol. The van der Waals surface area contributed by atoms with Crippen molar-refractivity contribution >= 4 is 27.5 Å². The summed E-state index contributed by atoms with van der Waals surface area (Å²) in [6, 6.07) is 19.2. The minimum absolute atomic E-state index is 0.207. The van der Waals surface area contributed by atoms with Gasteiger partial charge in [-0.1, -0.05) is 36.4 Å². The van der Waals surface area contributed by atoms with Gasteiger partial charge >= 0.3 is 0 Å². The Labute approximate surface area is 180 Å². The molecule has 0 aromatic heterocycles. The number of hydrogen-bond acceptors (Lipinski definition) is 3. The number of carbonyl (C=O) groups is 1. The lowest BCUT2D eigenvalue weighted by Crippen LogP contribution is -2.13. The van der Waals surface area contributed by atoms with E-state index in [0.29, 0.717) is 34.7 Å². The van der Waals surface area contributed by atoms with Crippen LogP contribution in [0, 0.1) is 13.8 Å². The van der Waals surface area contributed by atoms with Crippen LogP contribution in [0.3, 0.4) is 0 Å². The van der Waals surface area contributed by atoms with E-state index in [0.717, 1.165) is 16.8 Å². The number of halogens is 1. The molecule has 0 bridgehead atoms. The van der Waals surface area contributed by atoms with Gasteiger partial charge in [0.25, 0.3) is 5.91 Å². The smallest absolute Gasteiger partial charge is 0.255 e. The third-order valence-corrected chi connectivity index (χ3v) is 5.15. The van der Waals surface area contributed by atoms with E-state index in [1.165, 1.54) is 5.56 Å². The van der Waals surface area contributed by atoms with Gasteiger partial charge in [0.1, 0.15) is 6.61 Å². The van der Waals surface area contributed by atoms with Crippen LogP contribution in [0.15, 0.2) is 65.1 Å². The van der Waals surface area contributed by atoms with Crippen molar-refractivity contribution in [2.75, 3.05) is 11.9 Å². The number of nitrogens with one attached hydrogen (secondary N) is 1. The Balaban J connectivity index is 1.85. The van der Waals surface area contributed by atoms with E-state index in [4.69, 9.17) is 9.47 Å². The molecule has 3 aromatic carbocycles. The molecule has 5 heteroatoms. The van der Waals surface area contributed by atoms with Crippen molar-refractivity contribution in [2.24, 2.45) is 0 Å². The fourth-order valence-electron chi connectivity index (χ4n) is 2.85. The van der Waals surface area contributed by atoms with Crippen molar-refractivity contribution in [3.05, 3.63) is 87.4 Å². The summed E-state index contributed by atoms with van der Waals surface area (Å²) in [5.74, 6) is 0.906. The minimum atomic E-state index is -0.207. The van der Waals surface area contributed by atoms with E-state index in [9.17, 15) is 4.79 Å². The number of benzene rings is 3. The first-order valence-electron chi connectivity index (χ1n) is 9.49. The first-order chi connectivity index (χ1) is 14.0. The van der Waals surface area contributed by atoms with Crippen molar-refractivity contribution < 1.29 is 14.3 Å². The Morgan fingerprint density at radius 3 is 2.41 bits per heavy atom. The fourth-order valence-corrected chi connectivity index (χ4v) is 3.41. The van der Waals surface area contributed by atoms with Gasteiger partial charge in [-0.3, -0.25) is 4.79 Å². The normalized spacial score (nSPS) is 10.5. The van der Waals surface area contributed by atoms with Gasteiger partial charge in [0.05, 0.1) is 11.1 Å². The van der Waals surface area contributed by atoms with Crippen molar-refractivity contribution in [3.63, 3.8) is 0 Å². The Morgan fingerprint density at radius 2 is 1.72 bits per heavy atom. The van der Waals surface area contributed by atoms with Gasteiger partial charge in [-0.15, -0.1) is 0 Å². The number of aryl methyl sites for hydroxylation is 2. The summed E-state index contributed by atoms with van der Waals surface area (Å²) < 4.78 is 12.4. The van der Waals surface area contributed by atoms with Gasteiger partial charge < -0.3 is 14.8 Å². The van der Waals surface area contributed by atoms with Crippen molar-refractivity contribution in [2.45, 2.75) is 27.4 Å². The summed E-state index contributed by atoms with van der Waals surface area (Å²) in [6.45, 7) is 6.85. The van der Waals surface area contributed by atoms with Gasteiger partial charge in [-0.25, -0.2) is 0 Å². The molecule has 29 heavy (non-hydrogen) atoms. The van der Waals surface area contributed by atoms with Gasteiger partial charge in [0.15, 0.2) is 11.5 Å². The lowest BCUT2D eigenvalue weighted by molar-refractivity contribution is 0.102. The molecule has 0 saturated heterocycles. The third kappa shape index (κ3) is 5.39. The predicted molar refractivity (Wildman–Crippen MR) is 120 cm³/mol. The average Bonchev–Trinajstić information content (AvgIpc) is 2.71. The van der Waals surface area contributed by atoms with Gasteiger partial charge in [-0.2, -0.15) is 0 Å². The summed E-state index contributed by atoms with van der Waals surface area (Å²) >= 11 is 3.52. The molecule has 0 radical (unpaired) electrons. The van der Waals surface area contributed by atoms with E-state index in [1.807, 2.05) is 69.3 Å². The lowest BCUT2D eigenvalue weighted by Gasteiger charge is -2.16. The molecule has 1 N–H and O–H groups in total. The van der Waals surface area contributed by atoms with Crippen LogP contribution in [-0.4, -0.2) is 12.5 Å². The van der Waals surface area contributed by atoms with Crippen molar-refractivity contribution in [3.8, 4) is 11.5 Å². The Bertz CT molecular complexity index is 1000. The maximum atomic E-state index is 12.8. The maximum Gasteiger partial charge on any atom is 0.255 e. The number of rotatable bonds is 7. The van der Waals surface area contributed by atoms with Crippen LogP contribution in [0.2, 0.25) is 0 Å². The van der Waals surface area contributed by atoms with Crippen molar-refractivity contribution in [1.29, 1.82) is 0 Å². The molecule has 0 aliphatic heterocycles. The van der Waals surface area contributed by atoms with Gasteiger partial charge in [-0.05, 0) is 77.7 Å². The molecule has 150 valence electrons. The summed E-state index contributed by atoms with van der Waals surface area (Å²) in [5.41, 5.74) is 4.60. The highest BCUT2D eigenvalue weighted by atomic mass is 79.9. The molecule has 0 aliphatic rings. The van der Waals surface area contributed by atoms with Crippen LogP contribution in [0.1, 0.15) is 34.0 Å². The SMILES string of the molecule is CCOc1c(Br)cc(C(=O)Nc2ccc(C)c(C)c2)cc1OCc1ccccc1. The molecule has 0 fully saturated rings. The summed E-state index contributed by atoms with van der Waals surface area (Å²) in [7, 11) is 0. The van der Waals surface area contributed by atoms with E-state index in [1.54, 1.807) is 12.1 Å². The molecule has 0 spiro atoms. The highest BCUT2D eigenvalue weighted by Gasteiger charge is 2.16. The molecule has 0 unspecified atom stereocenters. The standard InChI is InChI=1S/C24H24BrNO3/c1-4-28-23-21(25)13-19(14-22(23)29-15-18-8-6-5-7-9-18)24(27)26-20-11-10-16(2)17(3)12-20/h5-14H,4,15H2,1-3H3,(H,26,27). The van der Waals surface area contributed by atoms with Gasteiger partial charge in [0, 0.05) is 11.3 Å². The second-order valence-electron chi connectivity index (χ2n) is 6.75. The summed E-state index contributed by atoms with van der Waals surface area (Å²) in [5, 5.41) is 2.95. The molecule has 3 aromatic rings. The van der Waals surface area contributed by atoms with Crippen LogP contribution >= 0.6 is 15.9 Å². The molecule has 0 aliphatic carbocycles. The first-order valence-corrected chi connectivity index (χ1v) is 10.3. The molecule has 0 heterocycles. The number of amides is 1. The van der Waals surface area contributed by atoms with Crippen LogP contribution in [-0.2, 0) is 6.61 Å². The predicted octanol–water partition coefficient (Wildman–Crippen LogP) is 6.30. The number of carbonyl (C=O) groups excluding carboxylic acids is 1. The molecule has 1 amide bonds. The minimum Gasteiger partial charge on any atom is -0.489 e. The summed E-state index contributed by atoms with van der Waals surface area (Å²) in [4.78, 5) is 12.8. The zero-order valence-electron chi connectivity index (χ0n) is 16.8. The largest absolute Gasteiger partial charge is 0.489 e. The number of ether oxygens (including phenoxy) is 2. The van der Waals surface area contributed by atoms with Crippen molar-refractivity contribution in [1.82, 2.24) is 0 Å². The highest BCUT2D eigenvalue weighted by Crippen LogP contribution is 2.37. The second-order valence-corrected chi connectivity index (χ2v) is 7.60. The average molecular weight is 454 g/mol. The van der Waals surface area contributed by atoms with E-state index < -0.39 is 0 Å². The molecule has 0 saturated carbocycles. The lowest BCUT2D eigenvalue weighted by atomic mass is 10.1. The van der Waals surface area contributed by atoms with Gasteiger partial charge in [0.2, 0.25) is 0 Å². The molecule has 3 rings (SSSR count). The molecular formula is C24H24BrNO3. The molecular weight excluding hydrogens is 430 g/mol. The van der Waals surface area contributed by atoms with Crippen LogP contribution < -0.4 is 14.8 Å². The fraction of sp³-hybridized carbons (Fsp3) is 0.208. The van der Waals surface area contributed by atoms with E-state index in [-0.39, 0.29) is 5.91 Å². The maximum absolute atomic E-state index is 12.8. The zero-order chi connectivity index (χ0) is 20.8. The Kier molecular flexibility index (Phi) is 6.94. The zero-order valence-corrected chi connectivity index (χ0v) is 18.4. The van der Waals surface area contributed by atoms with Crippen LogP contribution in [0.4, 0.5) is 5.69 Å². The molecule has 0 atom stereocenters. The topological polar surface area (TPSA) is 47.6 Å². The second kappa shape index (κ2) is 9.61. The first kappa shape index (κ1) is 20.9. The third-order valence-electron chi connectivity index (χ3n) is 4.56. The number of anilines is 1. The van der Waals surface area contributed by atoms with E-state index in [2.05, 4.69) is 21.2 Å². The summed E-state index contributed by atoms with van der Waals surface area (Å²) in [6.07, 6.45) is 0. The number of hydrogen-bond donors (Lipinski definition) is 1. The molecule has 4 nitrogen and oxygen atoms in total. The Hall–Kier alpha value is -2.79. The quantitative estimate of drug-likeness (QED) is 0.456. The van der Waals surface area contributed by atoms with Crippen LogP contribution in [0.25, 0.3) is 0 Å². The Morgan fingerprint density at radius 1 is 0.966 bits per heavy atom. The van der Waals surface area contributed by atoms with E-state index >= 15 is 0 Å². The van der Waals surface area contributed by atoms with Crippen LogP contribution in [0.5, 0.6) is 11.5 Å².